The van der Waals surface area contributed by atoms with Crippen molar-refractivity contribution in [3.05, 3.63) is 35.4 Å². The van der Waals surface area contributed by atoms with Crippen LogP contribution in [0.15, 0.2) is 24.3 Å². The van der Waals surface area contributed by atoms with Gasteiger partial charge in [-0.15, -0.1) is 0 Å². The van der Waals surface area contributed by atoms with Crippen LogP contribution in [0.2, 0.25) is 0 Å². The molecule has 2 rings (SSSR count). The number of aromatic carboxylic acids is 1. The predicted molar refractivity (Wildman–Crippen MR) is 90.8 cm³/mol. The number of aryl methyl sites for hydroxylation is 1. The number of carbonyl (C=O) groups is 2. The molecule has 1 atom stereocenters. The summed E-state index contributed by atoms with van der Waals surface area (Å²) in [4.78, 5) is 25.1. The number of nitrogens with zero attached hydrogens (tertiary/aromatic N) is 1. The standard InChI is InChI=1S/C17H23NO5S/c1-12(11-24(2,22)23)18(15-8-9-15)16(19)10-5-13-3-6-14(7-4-13)17(20)21/h3-4,6-7,12,15H,5,8-11H2,1-2H3,(H,20,21). The Morgan fingerprint density at radius 3 is 2.29 bits per heavy atom. The first kappa shape index (κ1) is 18.4. The van der Waals surface area contributed by atoms with Crippen molar-refractivity contribution in [3.63, 3.8) is 0 Å². The first-order valence-corrected chi connectivity index (χ1v) is 10.0. The molecule has 132 valence electrons. The van der Waals surface area contributed by atoms with Gasteiger partial charge in [-0.1, -0.05) is 12.1 Å². The van der Waals surface area contributed by atoms with E-state index in [1.807, 2.05) is 0 Å². The SMILES string of the molecule is CC(CS(C)(=O)=O)N(C(=O)CCc1ccc(C(=O)O)cc1)C1CC1. The van der Waals surface area contributed by atoms with E-state index in [0.29, 0.717) is 6.42 Å². The predicted octanol–water partition coefficient (Wildman–Crippen LogP) is 1.74. The van der Waals surface area contributed by atoms with E-state index in [2.05, 4.69) is 0 Å². The van der Waals surface area contributed by atoms with E-state index in [0.717, 1.165) is 18.4 Å². The summed E-state index contributed by atoms with van der Waals surface area (Å²) in [5, 5.41) is 8.88. The van der Waals surface area contributed by atoms with Crippen molar-refractivity contribution in [1.29, 1.82) is 0 Å². The monoisotopic (exact) mass is 353 g/mol. The summed E-state index contributed by atoms with van der Waals surface area (Å²) in [6, 6.07) is 6.29. The zero-order valence-electron chi connectivity index (χ0n) is 13.9. The van der Waals surface area contributed by atoms with Gasteiger partial charge in [0.2, 0.25) is 5.91 Å². The normalized spacial score (nSPS) is 15.8. The molecular weight excluding hydrogens is 330 g/mol. The van der Waals surface area contributed by atoms with Crippen molar-refractivity contribution < 1.29 is 23.1 Å². The molecule has 0 radical (unpaired) electrons. The minimum Gasteiger partial charge on any atom is -0.478 e. The van der Waals surface area contributed by atoms with Crippen LogP contribution in [0.3, 0.4) is 0 Å². The molecule has 24 heavy (non-hydrogen) atoms. The number of amides is 1. The zero-order valence-corrected chi connectivity index (χ0v) is 14.8. The lowest BCUT2D eigenvalue weighted by Crippen LogP contribution is -2.43. The number of carbonyl (C=O) groups excluding carboxylic acids is 1. The molecule has 0 aromatic heterocycles. The number of benzene rings is 1. The summed E-state index contributed by atoms with van der Waals surface area (Å²) in [5.74, 6) is -1.05. The van der Waals surface area contributed by atoms with Gasteiger partial charge in [-0.2, -0.15) is 0 Å². The topological polar surface area (TPSA) is 91.8 Å². The van der Waals surface area contributed by atoms with Crippen molar-refractivity contribution in [2.24, 2.45) is 0 Å². The molecule has 0 heterocycles. The second kappa shape index (κ2) is 7.34. The molecule has 0 aliphatic heterocycles. The van der Waals surface area contributed by atoms with Gasteiger partial charge in [0, 0.05) is 24.8 Å². The van der Waals surface area contributed by atoms with Crippen LogP contribution in [0.1, 0.15) is 42.1 Å². The summed E-state index contributed by atoms with van der Waals surface area (Å²) >= 11 is 0. The van der Waals surface area contributed by atoms with Gasteiger partial charge in [0.05, 0.1) is 11.3 Å². The Balaban J connectivity index is 1.97. The molecule has 0 spiro atoms. The van der Waals surface area contributed by atoms with Crippen LogP contribution in [0.25, 0.3) is 0 Å². The van der Waals surface area contributed by atoms with Gasteiger partial charge in [-0.05, 0) is 43.9 Å². The molecular formula is C17H23NO5S. The van der Waals surface area contributed by atoms with Crippen molar-refractivity contribution in [2.45, 2.75) is 44.7 Å². The van der Waals surface area contributed by atoms with Crippen molar-refractivity contribution in [2.75, 3.05) is 12.0 Å². The summed E-state index contributed by atoms with van der Waals surface area (Å²) in [7, 11) is -3.14. The molecule has 1 aromatic rings. The third-order valence-corrected chi connectivity index (χ3v) is 5.16. The lowest BCUT2D eigenvalue weighted by Gasteiger charge is -2.29. The van der Waals surface area contributed by atoms with Gasteiger partial charge in [0.15, 0.2) is 0 Å². The number of sulfone groups is 1. The van der Waals surface area contributed by atoms with Crippen LogP contribution in [0, 0.1) is 0 Å². The molecule has 1 N–H and O–H groups in total. The maximum Gasteiger partial charge on any atom is 0.335 e. The molecule has 1 aliphatic rings. The van der Waals surface area contributed by atoms with Crippen molar-refractivity contribution in [3.8, 4) is 0 Å². The van der Waals surface area contributed by atoms with Gasteiger partial charge < -0.3 is 10.0 Å². The highest BCUT2D eigenvalue weighted by Gasteiger charge is 2.36. The average Bonchev–Trinajstić information content (AvgIpc) is 3.28. The maximum absolute atomic E-state index is 12.5. The Labute approximate surface area is 142 Å². The minimum absolute atomic E-state index is 0.0252. The van der Waals surface area contributed by atoms with Gasteiger partial charge in [0.1, 0.15) is 9.84 Å². The molecule has 1 aromatic carbocycles. The summed E-state index contributed by atoms with van der Waals surface area (Å²) in [6.45, 7) is 1.78. The fourth-order valence-electron chi connectivity index (χ4n) is 2.87. The van der Waals surface area contributed by atoms with E-state index in [1.54, 1.807) is 24.0 Å². The molecule has 1 saturated carbocycles. The second-order valence-electron chi connectivity index (χ2n) is 6.48. The number of carboxylic acid groups (broad SMARTS) is 1. The van der Waals surface area contributed by atoms with Crippen LogP contribution in [-0.4, -0.2) is 54.4 Å². The Morgan fingerprint density at radius 2 is 1.83 bits per heavy atom. The van der Waals surface area contributed by atoms with E-state index in [1.165, 1.54) is 18.4 Å². The third-order valence-electron chi connectivity index (χ3n) is 4.08. The first-order chi connectivity index (χ1) is 11.2. The molecule has 6 nitrogen and oxygen atoms in total. The summed E-state index contributed by atoms with van der Waals surface area (Å²) in [5.41, 5.74) is 1.10. The quantitative estimate of drug-likeness (QED) is 0.768. The van der Waals surface area contributed by atoms with Crippen LogP contribution in [0.5, 0.6) is 0 Å². The van der Waals surface area contributed by atoms with Gasteiger partial charge in [0.25, 0.3) is 0 Å². The Hall–Kier alpha value is -1.89. The number of carboxylic acids is 1. The largest absolute Gasteiger partial charge is 0.478 e. The fourth-order valence-corrected chi connectivity index (χ4v) is 3.91. The minimum atomic E-state index is -3.14. The van der Waals surface area contributed by atoms with Gasteiger partial charge in [-0.25, -0.2) is 13.2 Å². The number of hydrogen-bond acceptors (Lipinski definition) is 4. The van der Waals surface area contributed by atoms with Crippen LogP contribution in [0.4, 0.5) is 0 Å². The maximum atomic E-state index is 12.5. The molecule has 0 bridgehead atoms. The molecule has 7 heteroatoms. The molecule has 1 amide bonds. The smallest absolute Gasteiger partial charge is 0.335 e. The molecule has 1 unspecified atom stereocenters. The van der Waals surface area contributed by atoms with Gasteiger partial charge in [-0.3, -0.25) is 4.79 Å². The highest BCUT2D eigenvalue weighted by molar-refractivity contribution is 7.90. The number of rotatable bonds is 8. The van der Waals surface area contributed by atoms with E-state index in [4.69, 9.17) is 5.11 Å². The van der Waals surface area contributed by atoms with Crippen LogP contribution >= 0.6 is 0 Å². The van der Waals surface area contributed by atoms with E-state index >= 15 is 0 Å². The van der Waals surface area contributed by atoms with Crippen molar-refractivity contribution in [1.82, 2.24) is 4.90 Å². The Kier molecular flexibility index (Phi) is 5.64. The molecule has 1 aliphatic carbocycles. The Morgan fingerprint density at radius 1 is 1.25 bits per heavy atom. The first-order valence-electron chi connectivity index (χ1n) is 7.98. The van der Waals surface area contributed by atoms with Crippen LogP contribution in [-0.2, 0) is 21.1 Å². The van der Waals surface area contributed by atoms with Gasteiger partial charge >= 0.3 is 5.97 Å². The summed E-state index contributed by atoms with van der Waals surface area (Å²) in [6.07, 6.45) is 3.83. The Bertz CT molecular complexity index is 707. The highest BCUT2D eigenvalue weighted by atomic mass is 32.2. The fraction of sp³-hybridized carbons (Fsp3) is 0.529. The highest BCUT2D eigenvalue weighted by Crippen LogP contribution is 2.30. The van der Waals surface area contributed by atoms with Crippen molar-refractivity contribution >= 4 is 21.7 Å². The second-order valence-corrected chi connectivity index (χ2v) is 8.66. The average molecular weight is 353 g/mol. The van der Waals surface area contributed by atoms with E-state index < -0.39 is 15.8 Å². The van der Waals surface area contributed by atoms with Crippen LogP contribution < -0.4 is 0 Å². The lowest BCUT2D eigenvalue weighted by molar-refractivity contribution is -0.133. The molecule has 1 fully saturated rings. The molecule has 0 saturated heterocycles. The number of hydrogen-bond donors (Lipinski definition) is 1. The van der Waals surface area contributed by atoms with E-state index in [-0.39, 0.29) is 35.7 Å². The third kappa shape index (κ3) is 5.33. The lowest BCUT2D eigenvalue weighted by atomic mass is 10.1. The summed E-state index contributed by atoms with van der Waals surface area (Å²) < 4.78 is 23.0. The van der Waals surface area contributed by atoms with E-state index in [9.17, 15) is 18.0 Å². The zero-order chi connectivity index (χ0) is 17.9.